The van der Waals surface area contributed by atoms with Crippen molar-refractivity contribution in [1.29, 1.82) is 0 Å². The number of hydrogen-bond acceptors (Lipinski definition) is 21. The monoisotopic (exact) mass is 1630 g/mol. The number of aliphatic hydroxyl groups excluding tert-OH is 1. The van der Waals surface area contributed by atoms with E-state index >= 15 is 0 Å². The quantitative estimate of drug-likeness (QED) is 0.102. The van der Waals surface area contributed by atoms with Gasteiger partial charge in [-0.2, -0.15) is 12.6 Å². The van der Waals surface area contributed by atoms with E-state index < -0.39 is 5.60 Å². The van der Waals surface area contributed by atoms with E-state index in [1.807, 2.05) is 204 Å². The second kappa shape index (κ2) is 53.8. The van der Waals surface area contributed by atoms with Crippen LogP contribution in [0.2, 0.25) is 0 Å². The molecule has 106 heavy (non-hydrogen) atoms. The van der Waals surface area contributed by atoms with Crippen molar-refractivity contribution in [3.8, 4) is 0 Å². The lowest BCUT2D eigenvalue weighted by Gasteiger charge is -2.28. The Morgan fingerprint density at radius 3 is 1.08 bits per heavy atom. The lowest BCUT2D eigenvalue weighted by atomic mass is 10.2. The molecule has 6 aliphatic heterocycles. The Hall–Kier alpha value is -4.93. The number of nitrogen functional groups attached to an aromatic ring is 1. The molecule has 3 aromatic rings. The molecule has 4 N–H and O–H groups in total. The maximum absolute atomic E-state index is 12.2. The number of nitrogens with one attached hydrogen (secondary N) is 1. The van der Waals surface area contributed by atoms with Crippen LogP contribution in [0, 0.1) is 13.8 Å². The molecule has 22 nitrogen and oxygen atoms in total. The first-order valence-corrected chi connectivity index (χ1v) is 42.4. The van der Waals surface area contributed by atoms with Crippen LogP contribution < -0.4 is 11.1 Å². The van der Waals surface area contributed by atoms with Gasteiger partial charge in [-0.25, -0.2) is 29.0 Å². The van der Waals surface area contributed by atoms with Crippen LogP contribution in [0.1, 0.15) is 241 Å². The fourth-order valence-corrected chi connectivity index (χ4v) is 13.2. The Morgan fingerprint density at radius 2 is 0.802 bits per heavy atom. The number of nitrogens with zero attached hydrogens (tertiary/aromatic N) is 8. The molecule has 5 amide bonds. The summed E-state index contributed by atoms with van der Waals surface area (Å²) in [6.45, 7) is 51.6. The third kappa shape index (κ3) is 49.3. The number of likely N-dealkylation sites (tertiary alicyclic amines) is 5. The van der Waals surface area contributed by atoms with Crippen LogP contribution in [0.4, 0.5) is 29.8 Å². The van der Waals surface area contributed by atoms with E-state index in [9.17, 15) is 28.8 Å². The van der Waals surface area contributed by atoms with Crippen LogP contribution in [0.3, 0.4) is 0 Å². The van der Waals surface area contributed by atoms with Gasteiger partial charge in [-0.05, 0) is 278 Å². The van der Waals surface area contributed by atoms with Gasteiger partial charge in [-0.1, -0.05) is 41.5 Å². The van der Waals surface area contributed by atoms with Gasteiger partial charge >= 0.3 is 30.5 Å². The smallest absolute Gasteiger partial charge is 0.410 e. The van der Waals surface area contributed by atoms with Crippen LogP contribution in [0.25, 0.3) is 0 Å². The number of rotatable bonds is 6. The summed E-state index contributed by atoms with van der Waals surface area (Å²) >= 11 is 11.7. The number of pyridine rings is 3. The van der Waals surface area contributed by atoms with Gasteiger partial charge in [0.05, 0.1) is 0 Å². The molecule has 610 valence electrons. The van der Waals surface area contributed by atoms with Crippen molar-refractivity contribution >= 4 is 105 Å². The van der Waals surface area contributed by atoms with E-state index in [4.69, 9.17) is 34.5 Å². The first kappa shape index (κ1) is 103. The topological polar surface area (TPSA) is 262 Å². The highest BCUT2D eigenvalue weighted by Gasteiger charge is 2.35. The second-order valence-electron chi connectivity index (χ2n) is 30.9. The minimum atomic E-state index is -0.431. The molecule has 27 heteroatoms. The molecule has 9 heterocycles. The van der Waals surface area contributed by atoms with E-state index in [1.54, 1.807) is 43.6 Å². The van der Waals surface area contributed by atoms with Crippen molar-refractivity contribution in [3.63, 3.8) is 0 Å². The molecule has 0 unspecified atom stereocenters. The standard InChI is InChI=1S/C16H24N2O2S.C10H15N3S.4C10H19NO2.C6H6BrN.C3H6OS.C2H6.CH4O.CH4S/c1-12-10-14(7-8-17-12)21-11-13-6-5-9-18(13)15(19)20-16(2,3)4;11-10-6-9(3-5-13-10)14-7-8-2-1-4-12-8;4*1-8-6-5-7-11(8)9(12)13-10(2,3)4;1-5-4-6(7)2-3-8-5;1-3(4)5-2;3*1-2/h7-8,10,13H,5-6,9,11H2,1-4H3;3,5-6,8,12H,1-2,4,7H2,(H2,11,13);4*8H,5-7H2,1-4H3;2-4H,1H3;1-2H3;1-2H3;2*2H,1H3/t13-;5*8-;;;;;/m001111...../s1. The first-order chi connectivity index (χ1) is 49.3. The number of aryl methyl sites for hydroxylation is 2. The molecule has 0 bridgehead atoms. The van der Waals surface area contributed by atoms with E-state index in [0.717, 1.165) is 131 Å². The third-order valence-electron chi connectivity index (χ3n) is 15.6. The van der Waals surface area contributed by atoms with E-state index in [0.29, 0.717) is 36.0 Å². The summed E-state index contributed by atoms with van der Waals surface area (Å²) in [7, 11) is 1.00. The summed E-state index contributed by atoms with van der Waals surface area (Å²) in [5.41, 5.74) is 5.73. The van der Waals surface area contributed by atoms with E-state index in [1.165, 1.54) is 40.9 Å². The van der Waals surface area contributed by atoms with Crippen molar-refractivity contribution in [2.75, 3.05) is 76.1 Å². The van der Waals surface area contributed by atoms with Gasteiger partial charge in [0.1, 0.15) is 33.8 Å². The normalized spacial score (nSPS) is 19.2. The third-order valence-corrected chi connectivity index (χ3v) is 18.9. The number of hydrogen-bond donors (Lipinski definition) is 4. The number of anilines is 1. The highest BCUT2D eigenvalue weighted by molar-refractivity contribution is 9.10. The zero-order valence-electron chi connectivity index (χ0n) is 69.9. The van der Waals surface area contributed by atoms with E-state index in [-0.39, 0.29) is 64.0 Å². The van der Waals surface area contributed by atoms with Crippen LogP contribution in [-0.2, 0) is 28.5 Å². The molecular formula is C79H141BrN10O12S4. The molecule has 9 rings (SSSR count). The van der Waals surface area contributed by atoms with Gasteiger partial charge in [0.25, 0.3) is 0 Å². The van der Waals surface area contributed by atoms with Crippen LogP contribution in [-0.4, -0.2) is 215 Å². The molecule has 0 radical (unpaired) electrons. The maximum Gasteiger partial charge on any atom is 0.410 e. The summed E-state index contributed by atoms with van der Waals surface area (Å²) in [4.78, 5) is 92.0. The molecule has 0 aromatic carbocycles. The Bertz CT molecular complexity index is 2750. The summed E-state index contributed by atoms with van der Waals surface area (Å²) < 4.78 is 27.7. The number of aromatic nitrogens is 3. The molecule has 6 aliphatic rings. The lowest BCUT2D eigenvalue weighted by molar-refractivity contribution is -0.109. The number of halogens is 1. The number of carbonyl (C=O) groups is 6. The zero-order valence-corrected chi connectivity index (χ0v) is 74.9. The average molecular weight is 1630 g/mol. The van der Waals surface area contributed by atoms with Gasteiger partial charge < -0.3 is 64.3 Å². The minimum absolute atomic E-state index is 0.169. The molecule has 6 saturated heterocycles. The zero-order chi connectivity index (χ0) is 81.8. The SMILES string of the molecule is CC.CO.CS.CSC(C)=O.C[C@@H]1CCCN1C(=O)OC(C)(C)C.C[C@@H]1CCCN1C(=O)OC(C)(C)C.C[C@@H]1CCCN1C(=O)OC(C)(C)C.C[C@@H]1CCCN1C(=O)OC(C)(C)C.Cc1cc(Br)ccn1.Cc1cc(SC[C@@H]2CCCN2C(=O)OC(C)(C)C)ccn1.Nc1cc(SC[C@@H]2CCCN2)ccn1. The molecule has 3 aromatic heterocycles. The van der Waals surface area contributed by atoms with Gasteiger partial charge in [0.2, 0.25) is 0 Å². The van der Waals surface area contributed by atoms with Gasteiger partial charge in [0, 0.05) is 139 Å². The predicted octanol–water partition coefficient (Wildman–Crippen LogP) is 19.2. The van der Waals surface area contributed by atoms with Crippen molar-refractivity contribution in [2.24, 2.45) is 0 Å². The van der Waals surface area contributed by atoms with Crippen LogP contribution >= 0.6 is 63.8 Å². The molecule has 6 fully saturated rings. The largest absolute Gasteiger partial charge is 0.444 e. The summed E-state index contributed by atoms with van der Waals surface area (Å²) in [5.74, 6) is 2.64. The molecule has 0 saturated carbocycles. The Labute approximate surface area is 667 Å². The summed E-state index contributed by atoms with van der Waals surface area (Å²) in [6.07, 6.45) is 21.5. The maximum atomic E-state index is 12.2. The fraction of sp³-hybridized carbons (Fsp3) is 0.734. The van der Waals surface area contributed by atoms with Crippen LogP contribution in [0.5, 0.6) is 0 Å². The number of aliphatic hydroxyl groups is 1. The summed E-state index contributed by atoms with van der Waals surface area (Å²) in [6, 6.07) is 14.2. The van der Waals surface area contributed by atoms with Gasteiger partial charge in [-0.15, -0.1) is 23.5 Å². The average Bonchev–Trinajstić information content (AvgIpc) is 1.71. The number of amides is 5. The molecule has 0 aliphatic carbocycles. The van der Waals surface area contributed by atoms with Crippen molar-refractivity contribution in [2.45, 2.75) is 317 Å². The fourth-order valence-electron chi connectivity index (χ4n) is 10.6. The van der Waals surface area contributed by atoms with Gasteiger partial charge in [-0.3, -0.25) is 14.8 Å². The Morgan fingerprint density at radius 1 is 0.500 bits per heavy atom. The second-order valence-corrected chi connectivity index (χ2v) is 35.0. The molecular weight excluding hydrogens is 1490 g/mol. The van der Waals surface area contributed by atoms with Gasteiger partial charge in [0.15, 0.2) is 5.12 Å². The predicted molar refractivity (Wildman–Crippen MR) is 448 cm³/mol. The highest BCUT2D eigenvalue weighted by atomic mass is 79.9. The van der Waals surface area contributed by atoms with Crippen LogP contribution in [0.15, 0.2) is 69.3 Å². The number of thioether (sulfide) groups is 3. The van der Waals surface area contributed by atoms with Crippen molar-refractivity contribution < 1.29 is 57.6 Å². The minimum Gasteiger partial charge on any atom is -0.444 e. The van der Waals surface area contributed by atoms with E-state index in [2.05, 4.69) is 82.6 Å². The Kier molecular flexibility index (Phi) is 52.4. The van der Waals surface area contributed by atoms with Crippen molar-refractivity contribution in [3.05, 3.63) is 70.8 Å². The Balaban J connectivity index is 0. The molecule has 6 atom stereocenters. The molecule has 0 spiro atoms. The number of ether oxygens (including phenoxy) is 5. The lowest BCUT2D eigenvalue weighted by Crippen LogP contribution is -2.40. The number of carbonyl (C=O) groups excluding carboxylic acids is 6. The highest BCUT2D eigenvalue weighted by Crippen LogP contribution is 2.29. The number of nitrogens with two attached hydrogens (primary N) is 1. The van der Waals surface area contributed by atoms with Crippen molar-refractivity contribution in [1.82, 2.24) is 44.8 Å². The summed E-state index contributed by atoms with van der Waals surface area (Å²) in [5, 5.41) is 10.6. The first-order valence-electron chi connectivity index (χ1n) is 37.5. The number of thiol groups is 1.